The molecule has 0 aliphatic carbocycles. The molecule has 9 heteroatoms. The lowest BCUT2D eigenvalue weighted by molar-refractivity contribution is -0.161. The van der Waals surface area contributed by atoms with Gasteiger partial charge in [-0.1, -0.05) is 204 Å². The standard InChI is InChI=1S/C45H81O8P/c1-3-5-7-9-11-13-15-17-18-19-20-21-22-23-24-25-26-28-29-31-33-35-37-39-44(46)51-41-43(42-52-54(48,49)50)53-45(47)40-38-36-34-32-30-27-16-14-12-10-8-6-4-2/h6,8,12,14,27,30,34,36,43H,3-5,7,9-11,13,15-26,28-29,31-33,35,37-42H2,1-2H3,(H2,48,49,50)/b8-6-,14-12-,30-27-,36-34-. The molecule has 54 heavy (non-hydrogen) atoms. The summed E-state index contributed by atoms with van der Waals surface area (Å²) in [5.41, 5.74) is 0. The predicted molar refractivity (Wildman–Crippen MR) is 225 cm³/mol. The van der Waals surface area contributed by atoms with E-state index < -0.39 is 32.5 Å². The number of rotatable bonds is 40. The van der Waals surface area contributed by atoms with E-state index in [0.29, 0.717) is 6.42 Å². The van der Waals surface area contributed by atoms with Crippen LogP contribution in [0.25, 0.3) is 0 Å². The molecule has 0 amide bonds. The Morgan fingerprint density at radius 1 is 0.500 bits per heavy atom. The molecule has 0 aromatic heterocycles. The maximum Gasteiger partial charge on any atom is 0.469 e. The van der Waals surface area contributed by atoms with E-state index in [0.717, 1.165) is 44.9 Å². The van der Waals surface area contributed by atoms with Crippen LogP contribution < -0.4 is 0 Å². The van der Waals surface area contributed by atoms with Crippen LogP contribution in [-0.4, -0.2) is 41.0 Å². The molecule has 0 aromatic carbocycles. The summed E-state index contributed by atoms with van der Waals surface area (Å²) in [4.78, 5) is 42.8. The monoisotopic (exact) mass is 781 g/mol. The van der Waals surface area contributed by atoms with Crippen LogP contribution in [0.4, 0.5) is 0 Å². The second kappa shape index (κ2) is 40.7. The summed E-state index contributed by atoms with van der Waals surface area (Å²) in [5, 5.41) is 0. The number of hydrogen-bond donors (Lipinski definition) is 2. The lowest BCUT2D eigenvalue weighted by Gasteiger charge is -2.18. The minimum Gasteiger partial charge on any atom is -0.462 e. The quantitative estimate of drug-likeness (QED) is 0.0273. The van der Waals surface area contributed by atoms with Gasteiger partial charge in [0.1, 0.15) is 6.61 Å². The van der Waals surface area contributed by atoms with Gasteiger partial charge < -0.3 is 19.3 Å². The summed E-state index contributed by atoms with van der Waals surface area (Å²) >= 11 is 0. The molecule has 1 unspecified atom stereocenters. The molecule has 0 heterocycles. The van der Waals surface area contributed by atoms with Gasteiger partial charge in [0.05, 0.1) is 6.61 Å². The molecule has 1 atom stereocenters. The van der Waals surface area contributed by atoms with E-state index in [-0.39, 0.29) is 19.4 Å². The van der Waals surface area contributed by atoms with E-state index in [9.17, 15) is 14.2 Å². The van der Waals surface area contributed by atoms with Crippen LogP contribution in [0.2, 0.25) is 0 Å². The van der Waals surface area contributed by atoms with Crippen molar-refractivity contribution in [2.45, 2.75) is 213 Å². The van der Waals surface area contributed by atoms with Crippen molar-refractivity contribution in [1.29, 1.82) is 0 Å². The van der Waals surface area contributed by atoms with Gasteiger partial charge in [-0.2, -0.15) is 0 Å². The normalized spacial score (nSPS) is 12.9. The fourth-order valence-corrected chi connectivity index (χ4v) is 6.51. The molecule has 0 fully saturated rings. The molecule has 0 bridgehead atoms. The smallest absolute Gasteiger partial charge is 0.462 e. The number of phosphoric acid groups is 1. The molecule has 0 aromatic rings. The molecule has 2 N–H and O–H groups in total. The largest absolute Gasteiger partial charge is 0.469 e. The van der Waals surface area contributed by atoms with Crippen LogP contribution >= 0.6 is 7.82 Å². The fraction of sp³-hybridized carbons (Fsp3) is 0.778. The number of carbonyl (C=O) groups excluding carboxylic acids is 2. The van der Waals surface area contributed by atoms with Crippen LogP contribution in [0, 0.1) is 0 Å². The van der Waals surface area contributed by atoms with Crippen molar-refractivity contribution in [3.05, 3.63) is 48.6 Å². The first-order chi connectivity index (χ1) is 26.3. The Morgan fingerprint density at radius 3 is 1.30 bits per heavy atom. The van der Waals surface area contributed by atoms with Crippen LogP contribution in [0.3, 0.4) is 0 Å². The topological polar surface area (TPSA) is 119 Å². The lowest BCUT2D eigenvalue weighted by Crippen LogP contribution is -2.29. The summed E-state index contributed by atoms with van der Waals surface area (Å²) in [6.45, 7) is 3.52. The zero-order valence-electron chi connectivity index (χ0n) is 34.6. The Kier molecular flexibility index (Phi) is 39.2. The molecular weight excluding hydrogens is 699 g/mol. The van der Waals surface area contributed by atoms with E-state index >= 15 is 0 Å². The highest BCUT2D eigenvalue weighted by atomic mass is 31.2. The molecule has 0 saturated carbocycles. The molecule has 0 radical (unpaired) electrons. The van der Waals surface area contributed by atoms with Crippen molar-refractivity contribution in [2.24, 2.45) is 0 Å². The predicted octanol–water partition coefficient (Wildman–Crippen LogP) is 13.5. The second-order valence-electron chi connectivity index (χ2n) is 14.6. The summed E-state index contributed by atoms with van der Waals surface area (Å²) in [6.07, 6.45) is 50.1. The van der Waals surface area contributed by atoms with E-state index in [1.807, 2.05) is 12.2 Å². The minimum absolute atomic E-state index is 0.0914. The number of esters is 2. The Morgan fingerprint density at radius 2 is 0.889 bits per heavy atom. The van der Waals surface area contributed by atoms with Crippen LogP contribution in [0.15, 0.2) is 48.6 Å². The number of phosphoric ester groups is 1. The van der Waals surface area contributed by atoms with E-state index in [1.165, 1.54) is 128 Å². The van der Waals surface area contributed by atoms with E-state index in [1.54, 1.807) is 0 Å². The van der Waals surface area contributed by atoms with E-state index in [4.69, 9.17) is 19.3 Å². The average molecular weight is 781 g/mol. The first-order valence-corrected chi connectivity index (χ1v) is 23.5. The summed E-state index contributed by atoms with van der Waals surface area (Å²) in [7, 11) is -4.77. The fourth-order valence-electron chi connectivity index (χ4n) is 6.15. The third kappa shape index (κ3) is 42.7. The molecule has 0 aliphatic heterocycles. The summed E-state index contributed by atoms with van der Waals surface area (Å²) in [6, 6.07) is 0. The van der Waals surface area contributed by atoms with Crippen LogP contribution in [0.1, 0.15) is 206 Å². The summed E-state index contributed by atoms with van der Waals surface area (Å²) < 4.78 is 26.3. The van der Waals surface area contributed by atoms with Gasteiger partial charge in [0.2, 0.25) is 0 Å². The Balaban J connectivity index is 3.86. The number of ether oxygens (including phenoxy) is 2. The number of hydrogen-bond acceptors (Lipinski definition) is 6. The highest BCUT2D eigenvalue weighted by Gasteiger charge is 2.22. The highest BCUT2D eigenvalue weighted by Crippen LogP contribution is 2.36. The van der Waals surface area contributed by atoms with Crippen molar-refractivity contribution < 1.29 is 37.9 Å². The Hall–Kier alpha value is -1.99. The van der Waals surface area contributed by atoms with Crippen LogP contribution in [-0.2, 0) is 28.2 Å². The third-order valence-corrected chi connectivity index (χ3v) is 9.86. The van der Waals surface area contributed by atoms with Gasteiger partial charge in [0.25, 0.3) is 0 Å². The van der Waals surface area contributed by atoms with Crippen molar-refractivity contribution >= 4 is 19.8 Å². The van der Waals surface area contributed by atoms with Crippen LogP contribution in [0.5, 0.6) is 0 Å². The van der Waals surface area contributed by atoms with Gasteiger partial charge >= 0.3 is 19.8 Å². The van der Waals surface area contributed by atoms with Gasteiger partial charge in [0.15, 0.2) is 6.10 Å². The first-order valence-electron chi connectivity index (χ1n) is 21.9. The zero-order chi connectivity index (χ0) is 39.6. The van der Waals surface area contributed by atoms with Crippen molar-refractivity contribution in [1.82, 2.24) is 0 Å². The number of unbranched alkanes of at least 4 members (excludes halogenated alkanes) is 22. The molecule has 0 aliphatic rings. The maximum absolute atomic E-state index is 12.3. The molecule has 8 nitrogen and oxygen atoms in total. The average Bonchev–Trinajstić information content (AvgIpc) is 3.14. The molecular formula is C45H81O8P. The molecule has 0 rings (SSSR count). The van der Waals surface area contributed by atoms with E-state index in [2.05, 4.69) is 54.8 Å². The number of allylic oxidation sites excluding steroid dienone is 8. The van der Waals surface area contributed by atoms with Gasteiger partial charge in [-0.15, -0.1) is 0 Å². The summed E-state index contributed by atoms with van der Waals surface area (Å²) in [5.74, 6) is -0.974. The Bertz CT molecular complexity index is 1020. The number of carbonyl (C=O) groups is 2. The third-order valence-electron chi connectivity index (χ3n) is 9.38. The zero-order valence-corrected chi connectivity index (χ0v) is 35.5. The second-order valence-corrected chi connectivity index (χ2v) is 15.9. The maximum atomic E-state index is 12.3. The van der Waals surface area contributed by atoms with Gasteiger partial charge in [-0.3, -0.25) is 14.1 Å². The molecule has 0 saturated heterocycles. The minimum atomic E-state index is -4.77. The molecule has 0 spiro atoms. The van der Waals surface area contributed by atoms with Crippen molar-refractivity contribution in [3.8, 4) is 0 Å². The van der Waals surface area contributed by atoms with Gasteiger partial charge in [-0.05, 0) is 38.5 Å². The van der Waals surface area contributed by atoms with Gasteiger partial charge in [0, 0.05) is 12.8 Å². The van der Waals surface area contributed by atoms with Crippen molar-refractivity contribution in [2.75, 3.05) is 13.2 Å². The SMILES string of the molecule is CC/C=C\C/C=C\C/C=C\C/C=C\CCC(=O)OC(COC(=O)CCCCCCCCCCCCCCCCCCCCCCCCC)COP(=O)(O)O. The highest BCUT2D eigenvalue weighted by molar-refractivity contribution is 7.46. The van der Waals surface area contributed by atoms with Crippen molar-refractivity contribution in [3.63, 3.8) is 0 Å². The lowest BCUT2D eigenvalue weighted by atomic mass is 10.0. The first kappa shape index (κ1) is 52.0. The molecule has 314 valence electrons. The Labute approximate surface area is 331 Å². The van der Waals surface area contributed by atoms with Gasteiger partial charge in [-0.25, -0.2) is 4.57 Å².